The van der Waals surface area contributed by atoms with Gasteiger partial charge in [-0.05, 0) is 42.7 Å². The SMILES string of the molecule is CC(C)(C)[Si](C)(C)OC[C@@H]1CC=C[C@@H]1O[Si](C)(C)C(C)(C)C. The summed E-state index contributed by atoms with van der Waals surface area (Å²) in [5.74, 6) is 0.489. The topological polar surface area (TPSA) is 18.5 Å². The molecular formula is C18H38O2Si2. The fraction of sp³-hybridized carbons (Fsp3) is 0.889. The van der Waals surface area contributed by atoms with Gasteiger partial charge in [0, 0.05) is 12.5 Å². The predicted molar refractivity (Wildman–Crippen MR) is 102 cm³/mol. The average Bonchev–Trinajstić information content (AvgIpc) is 2.70. The van der Waals surface area contributed by atoms with Gasteiger partial charge in [0.2, 0.25) is 0 Å². The van der Waals surface area contributed by atoms with Gasteiger partial charge in [-0.15, -0.1) is 0 Å². The highest BCUT2D eigenvalue weighted by molar-refractivity contribution is 6.74. The Morgan fingerprint density at radius 3 is 1.86 bits per heavy atom. The Morgan fingerprint density at radius 1 is 0.909 bits per heavy atom. The average molecular weight is 343 g/mol. The minimum atomic E-state index is -1.72. The lowest BCUT2D eigenvalue weighted by Gasteiger charge is -2.41. The number of hydrogen-bond acceptors (Lipinski definition) is 2. The smallest absolute Gasteiger partial charge is 0.192 e. The molecule has 0 aromatic carbocycles. The molecule has 0 aliphatic heterocycles. The van der Waals surface area contributed by atoms with Crippen molar-refractivity contribution in [2.45, 2.75) is 90.3 Å². The fourth-order valence-electron chi connectivity index (χ4n) is 2.03. The van der Waals surface area contributed by atoms with Crippen LogP contribution in [0, 0.1) is 5.92 Å². The molecule has 0 unspecified atom stereocenters. The minimum Gasteiger partial charge on any atom is -0.416 e. The summed E-state index contributed by atoms with van der Waals surface area (Å²) in [5, 5.41) is 0.531. The Bertz CT molecular complexity index is 400. The number of allylic oxidation sites excluding steroid dienone is 1. The van der Waals surface area contributed by atoms with E-state index in [4.69, 9.17) is 8.85 Å². The molecule has 0 amide bonds. The van der Waals surface area contributed by atoms with Crippen molar-refractivity contribution in [2.75, 3.05) is 6.61 Å². The molecule has 0 bridgehead atoms. The zero-order chi connectivity index (χ0) is 17.4. The molecule has 0 saturated carbocycles. The number of rotatable bonds is 5. The third kappa shape index (κ3) is 4.79. The Balaban J connectivity index is 2.67. The van der Waals surface area contributed by atoms with Gasteiger partial charge in [-0.2, -0.15) is 0 Å². The molecule has 1 aliphatic carbocycles. The van der Waals surface area contributed by atoms with Crippen LogP contribution >= 0.6 is 0 Å². The molecule has 0 spiro atoms. The number of hydrogen-bond donors (Lipinski definition) is 0. The van der Waals surface area contributed by atoms with Gasteiger partial charge in [-0.3, -0.25) is 0 Å². The summed E-state index contributed by atoms with van der Waals surface area (Å²) in [7, 11) is -3.39. The molecular weight excluding hydrogens is 304 g/mol. The van der Waals surface area contributed by atoms with E-state index in [1.807, 2.05) is 0 Å². The third-order valence-corrected chi connectivity index (χ3v) is 14.9. The van der Waals surface area contributed by atoms with Crippen molar-refractivity contribution in [1.82, 2.24) is 0 Å². The largest absolute Gasteiger partial charge is 0.416 e. The van der Waals surface area contributed by atoms with Gasteiger partial charge in [0.05, 0.1) is 6.10 Å². The lowest BCUT2D eigenvalue weighted by atomic mass is 10.1. The van der Waals surface area contributed by atoms with Crippen molar-refractivity contribution >= 4 is 16.6 Å². The molecule has 1 rings (SSSR count). The summed E-state index contributed by atoms with van der Waals surface area (Å²) in [6.45, 7) is 24.0. The van der Waals surface area contributed by atoms with Crippen molar-refractivity contribution in [3.05, 3.63) is 12.2 Å². The van der Waals surface area contributed by atoms with Crippen LogP contribution in [0.15, 0.2) is 12.2 Å². The van der Waals surface area contributed by atoms with Crippen LogP contribution < -0.4 is 0 Å². The first-order valence-electron chi connectivity index (χ1n) is 8.66. The maximum Gasteiger partial charge on any atom is 0.192 e. The first-order chi connectivity index (χ1) is 9.67. The van der Waals surface area contributed by atoms with E-state index in [1.165, 1.54) is 0 Å². The summed E-state index contributed by atoms with van der Waals surface area (Å²) in [4.78, 5) is 0. The fourth-order valence-corrected chi connectivity index (χ4v) is 4.39. The molecule has 0 aromatic rings. The van der Waals surface area contributed by atoms with Gasteiger partial charge >= 0.3 is 0 Å². The zero-order valence-electron chi connectivity index (χ0n) is 16.5. The quantitative estimate of drug-likeness (QED) is 0.452. The molecule has 0 heterocycles. The maximum absolute atomic E-state index is 6.61. The molecule has 130 valence electrons. The van der Waals surface area contributed by atoms with Gasteiger partial charge in [-0.1, -0.05) is 53.7 Å². The third-order valence-electron chi connectivity index (χ3n) is 5.93. The van der Waals surface area contributed by atoms with Crippen LogP contribution in [0.4, 0.5) is 0 Å². The minimum absolute atomic E-state index is 0.241. The van der Waals surface area contributed by atoms with Crippen molar-refractivity contribution in [2.24, 2.45) is 5.92 Å². The second kappa shape index (κ2) is 6.54. The van der Waals surface area contributed by atoms with E-state index in [-0.39, 0.29) is 16.2 Å². The van der Waals surface area contributed by atoms with E-state index in [1.54, 1.807) is 0 Å². The standard InChI is InChI=1S/C18H38O2Si2/c1-17(2,3)21(7,8)19-14-15-12-11-13-16(15)20-22(9,10)18(4,5)6/h11,13,15-16H,12,14H2,1-10H3/t15-,16-/m0/s1. The van der Waals surface area contributed by atoms with E-state index in [9.17, 15) is 0 Å². The maximum atomic E-state index is 6.61. The highest BCUT2D eigenvalue weighted by Gasteiger charge is 2.42. The molecule has 0 radical (unpaired) electrons. The van der Waals surface area contributed by atoms with E-state index >= 15 is 0 Å². The summed E-state index contributed by atoms with van der Waals surface area (Å²) in [6.07, 6.45) is 5.87. The molecule has 22 heavy (non-hydrogen) atoms. The first-order valence-corrected chi connectivity index (χ1v) is 14.5. The lowest BCUT2D eigenvalue weighted by molar-refractivity contribution is 0.121. The Morgan fingerprint density at radius 2 is 1.41 bits per heavy atom. The molecule has 4 heteroatoms. The van der Waals surface area contributed by atoms with Crippen molar-refractivity contribution in [3.63, 3.8) is 0 Å². The summed E-state index contributed by atoms with van der Waals surface area (Å²) >= 11 is 0. The molecule has 0 fully saturated rings. The van der Waals surface area contributed by atoms with Crippen molar-refractivity contribution in [3.8, 4) is 0 Å². The van der Waals surface area contributed by atoms with Crippen LogP contribution in [-0.2, 0) is 8.85 Å². The normalized spacial score (nSPS) is 24.1. The van der Waals surface area contributed by atoms with Crippen LogP contribution in [0.3, 0.4) is 0 Å². The Labute approximate surface area is 140 Å². The van der Waals surface area contributed by atoms with Gasteiger partial charge in [-0.25, -0.2) is 0 Å². The predicted octanol–water partition coefficient (Wildman–Crippen LogP) is 5.97. The monoisotopic (exact) mass is 342 g/mol. The molecule has 0 saturated heterocycles. The molecule has 0 aromatic heterocycles. The van der Waals surface area contributed by atoms with Gasteiger partial charge in [0.15, 0.2) is 16.6 Å². The Kier molecular flexibility index (Phi) is 5.98. The van der Waals surface area contributed by atoms with E-state index in [2.05, 4.69) is 79.9 Å². The van der Waals surface area contributed by atoms with Gasteiger partial charge in [0.25, 0.3) is 0 Å². The second-order valence-electron chi connectivity index (χ2n) is 9.84. The van der Waals surface area contributed by atoms with Crippen LogP contribution in [0.2, 0.25) is 36.3 Å². The summed E-state index contributed by atoms with van der Waals surface area (Å²) in [5.41, 5.74) is 0. The zero-order valence-corrected chi connectivity index (χ0v) is 18.5. The van der Waals surface area contributed by atoms with E-state index in [0.717, 1.165) is 13.0 Å². The summed E-state index contributed by atoms with van der Waals surface area (Å²) < 4.78 is 13.1. The molecule has 1 aliphatic rings. The Hall–Kier alpha value is 0.0938. The van der Waals surface area contributed by atoms with E-state index < -0.39 is 16.6 Å². The second-order valence-corrected chi connectivity index (χ2v) is 19.4. The summed E-state index contributed by atoms with van der Waals surface area (Å²) in [6, 6.07) is 0. The van der Waals surface area contributed by atoms with Gasteiger partial charge < -0.3 is 8.85 Å². The molecule has 2 nitrogen and oxygen atoms in total. The van der Waals surface area contributed by atoms with Gasteiger partial charge in [0.1, 0.15) is 0 Å². The van der Waals surface area contributed by atoms with Crippen LogP contribution in [0.1, 0.15) is 48.0 Å². The van der Waals surface area contributed by atoms with Crippen LogP contribution in [-0.4, -0.2) is 29.3 Å². The lowest BCUT2D eigenvalue weighted by Crippen LogP contribution is -2.46. The van der Waals surface area contributed by atoms with Crippen LogP contribution in [0.5, 0.6) is 0 Å². The highest BCUT2D eigenvalue weighted by Crippen LogP contribution is 2.41. The molecule has 0 N–H and O–H groups in total. The van der Waals surface area contributed by atoms with Crippen LogP contribution in [0.25, 0.3) is 0 Å². The van der Waals surface area contributed by atoms with Crippen molar-refractivity contribution in [1.29, 1.82) is 0 Å². The molecule has 2 atom stereocenters. The first kappa shape index (κ1) is 20.1. The van der Waals surface area contributed by atoms with E-state index in [0.29, 0.717) is 5.92 Å². The van der Waals surface area contributed by atoms with Crippen molar-refractivity contribution < 1.29 is 8.85 Å². The highest BCUT2D eigenvalue weighted by atomic mass is 28.4.